The summed E-state index contributed by atoms with van der Waals surface area (Å²) in [5.74, 6) is -1.03. The fraction of sp³-hybridized carbons (Fsp3) is 0.355. The van der Waals surface area contributed by atoms with Crippen molar-refractivity contribution in [1.29, 1.82) is 0 Å². The van der Waals surface area contributed by atoms with Gasteiger partial charge in [-0.15, -0.1) is 0 Å². The summed E-state index contributed by atoms with van der Waals surface area (Å²) >= 11 is 0. The number of aromatic nitrogens is 3. The zero-order chi connectivity index (χ0) is 29.6. The van der Waals surface area contributed by atoms with Crippen LogP contribution in [0.2, 0.25) is 0 Å². The molecule has 2 amide bonds. The van der Waals surface area contributed by atoms with Gasteiger partial charge < -0.3 is 20.7 Å². The number of rotatable bonds is 10. The van der Waals surface area contributed by atoms with E-state index in [-0.39, 0.29) is 36.8 Å². The minimum absolute atomic E-state index is 0.0511. The normalized spacial score (nSPS) is 13.7. The average molecular weight is 570 g/mol. The third kappa shape index (κ3) is 6.31. The Morgan fingerprint density at radius 3 is 2.43 bits per heavy atom. The standard InChI is InChI=1S/C31H36BFN6O3/c1-3-26-23(28(37-22-11-13-42-14-12-22)24-18-36-39(4-2)29(24)38-26)17-35-31(41)20-8-5-7-19(15-20)30(40)34-16-21-9-6-10-25(32)27(21)33/h5-10,15,18,22H,3-4,11-14,16-17,32H2,1-2H3,(H,34,40)(H,35,41)(H,37,38). The van der Waals surface area contributed by atoms with E-state index in [4.69, 9.17) is 9.72 Å². The SMILES string of the molecule is Bc1cccc(CNC(=O)c2cccc(C(=O)NCc3c(CC)nc4c(cnn4CC)c3NC3CCOCC3)c2)c1F. The topological polar surface area (TPSA) is 110 Å². The van der Waals surface area contributed by atoms with E-state index >= 15 is 0 Å². The molecule has 0 unspecified atom stereocenters. The second kappa shape index (κ2) is 13.2. The molecule has 4 aromatic rings. The van der Waals surface area contributed by atoms with E-state index in [1.54, 1.807) is 50.3 Å². The Balaban J connectivity index is 1.34. The molecule has 0 saturated carbocycles. The van der Waals surface area contributed by atoms with E-state index in [0.717, 1.165) is 40.8 Å². The summed E-state index contributed by atoms with van der Waals surface area (Å²) < 4.78 is 21.8. The predicted octanol–water partition coefficient (Wildman–Crippen LogP) is 2.86. The first-order chi connectivity index (χ1) is 20.4. The number of anilines is 1. The van der Waals surface area contributed by atoms with Crippen LogP contribution in [0.3, 0.4) is 0 Å². The van der Waals surface area contributed by atoms with Crippen LogP contribution in [0.15, 0.2) is 48.7 Å². The Bertz CT molecular complexity index is 1600. The second-order valence-electron chi connectivity index (χ2n) is 10.5. The average Bonchev–Trinajstić information content (AvgIpc) is 3.44. The molecule has 0 radical (unpaired) electrons. The third-order valence-electron chi connectivity index (χ3n) is 7.70. The van der Waals surface area contributed by atoms with Gasteiger partial charge in [0, 0.05) is 66.8 Å². The van der Waals surface area contributed by atoms with Crippen molar-refractivity contribution in [3.05, 3.63) is 82.4 Å². The summed E-state index contributed by atoms with van der Waals surface area (Å²) in [5, 5.41) is 15.0. The zero-order valence-corrected chi connectivity index (χ0v) is 24.3. The summed E-state index contributed by atoms with van der Waals surface area (Å²) in [6.45, 7) is 6.51. The molecule has 11 heteroatoms. The molecule has 0 aliphatic carbocycles. The highest BCUT2D eigenvalue weighted by Crippen LogP contribution is 2.31. The summed E-state index contributed by atoms with van der Waals surface area (Å²) in [7, 11) is 1.68. The maximum Gasteiger partial charge on any atom is 0.251 e. The Hall–Kier alpha value is -4.25. The van der Waals surface area contributed by atoms with Gasteiger partial charge in [0.05, 0.1) is 17.3 Å². The monoisotopic (exact) mass is 570 g/mol. The van der Waals surface area contributed by atoms with E-state index in [1.807, 2.05) is 17.8 Å². The largest absolute Gasteiger partial charge is 0.381 e. The number of amides is 2. The van der Waals surface area contributed by atoms with Crippen molar-refractivity contribution < 1.29 is 18.7 Å². The van der Waals surface area contributed by atoms with Gasteiger partial charge in [-0.2, -0.15) is 5.10 Å². The van der Waals surface area contributed by atoms with Crippen LogP contribution in [-0.2, 0) is 30.8 Å². The number of carbonyl (C=O) groups excluding carboxylic acids is 2. The number of nitrogens with one attached hydrogen (secondary N) is 3. The van der Waals surface area contributed by atoms with Crippen molar-refractivity contribution in [2.24, 2.45) is 0 Å². The van der Waals surface area contributed by atoms with Crippen LogP contribution in [0.25, 0.3) is 11.0 Å². The van der Waals surface area contributed by atoms with Gasteiger partial charge in [-0.3, -0.25) is 9.59 Å². The first kappa shape index (κ1) is 29.3. The van der Waals surface area contributed by atoms with Gasteiger partial charge in [0.15, 0.2) is 5.65 Å². The number of hydrogen-bond acceptors (Lipinski definition) is 6. The van der Waals surface area contributed by atoms with Crippen molar-refractivity contribution in [2.45, 2.75) is 58.8 Å². The van der Waals surface area contributed by atoms with Crippen molar-refractivity contribution >= 4 is 41.8 Å². The molecule has 3 N–H and O–H groups in total. The quantitative estimate of drug-likeness (QED) is 0.253. The fourth-order valence-corrected chi connectivity index (χ4v) is 5.30. The smallest absolute Gasteiger partial charge is 0.251 e. The van der Waals surface area contributed by atoms with Crippen LogP contribution >= 0.6 is 0 Å². The van der Waals surface area contributed by atoms with Gasteiger partial charge in [0.2, 0.25) is 0 Å². The highest BCUT2D eigenvalue weighted by Gasteiger charge is 2.22. The van der Waals surface area contributed by atoms with Crippen molar-refractivity contribution in [1.82, 2.24) is 25.4 Å². The summed E-state index contributed by atoms with van der Waals surface area (Å²) in [5.41, 5.74) is 5.19. The van der Waals surface area contributed by atoms with Gasteiger partial charge in [0.25, 0.3) is 11.8 Å². The highest BCUT2D eigenvalue weighted by molar-refractivity contribution is 6.32. The number of aryl methyl sites for hydroxylation is 2. The van der Waals surface area contributed by atoms with Crippen molar-refractivity contribution in [3.63, 3.8) is 0 Å². The number of halogens is 1. The van der Waals surface area contributed by atoms with Gasteiger partial charge in [-0.1, -0.05) is 36.7 Å². The molecule has 9 nitrogen and oxygen atoms in total. The molecular weight excluding hydrogens is 534 g/mol. The zero-order valence-electron chi connectivity index (χ0n) is 24.3. The number of hydrogen-bond donors (Lipinski definition) is 3. The minimum Gasteiger partial charge on any atom is -0.381 e. The lowest BCUT2D eigenvalue weighted by molar-refractivity contribution is 0.0904. The van der Waals surface area contributed by atoms with E-state index in [1.165, 1.54) is 0 Å². The van der Waals surface area contributed by atoms with E-state index < -0.39 is 0 Å². The van der Waals surface area contributed by atoms with Gasteiger partial charge in [0.1, 0.15) is 13.7 Å². The number of pyridine rings is 1. The summed E-state index contributed by atoms with van der Waals surface area (Å²) in [4.78, 5) is 31.1. The fourth-order valence-electron chi connectivity index (χ4n) is 5.30. The van der Waals surface area contributed by atoms with Crippen LogP contribution in [0.4, 0.5) is 10.1 Å². The van der Waals surface area contributed by atoms with E-state index in [2.05, 4.69) is 28.0 Å². The Labute approximate surface area is 245 Å². The lowest BCUT2D eigenvalue weighted by Gasteiger charge is -2.26. The summed E-state index contributed by atoms with van der Waals surface area (Å²) in [6.07, 6.45) is 4.31. The predicted molar refractivity (Wildman–Crippen MR) is 163 cm³/mol. The van der Waals surface area contributed by atoms with Gasteiger partial charge >= 0.3 is 0 Å². The number of nitrogens with zero attached hydrogens (tertiary/aromatic N) is 3. The van der Waals surface area contributed by atoms with Gasteiger partial charge in [-0.25, -0.2) is 14.1 Å². The van der Waals surface area contributed by atoms with Crippen LogP contribution < -0.4 is 21.4 Å². The minimum atomic E-state index is -0.385. The molecule has 1 fully saturated rings. The van der Waals surface area contributed by atoms with E-state index in [9.17, 15) is 14.0 Å². The number of ether oxygens (including phenoxy) is 1. The van der Waals surface area contributed by atoms with Gasteiger partial charge in [-0.05, 0) is 44.4 Å². The Morgan fingerprint density at radius 1 is 1.05 bits per heavy atom. The highest BCUT2D eigenvalue weighted by atomic mass is 19.1. The maximum atomic E-state index is 14.3. The van der Waals surface area contributed by atoms with Crippen LogP contribution in [-0.4, -0.2) is 53.7 Å². The van der Waals surface area contributed by atoms with Crippen LogP contribution in [0, 0.1) is 5.82 Å². The van der Waals surface area contributed by atoms with E-state index in [0.29, 0.717) is 48.3 Å². The first-order valence-corrected chi connectivity index (χ1v) is 14.5. The molecule has 42 heavy (non-hydrogen) atoms. The Kier molecular flexibility index (Phi) is 9.17. The molecule has 2 aromatic heterocycles. The molecule has 0 spiro atoms. The molecule has 2 aromatic carbocycles. The van der Waals surface area contributed by atoms with Crippen LogP contribution in [0.1, 0.15) is 64.2 Å². The number of benzene rings is 2. The van der Waals surface area contributed by atoms with Crippen molar-refractivity contribution in [3.8, 4) is 0 Å². The molecule has 1 aliphatic rings. The lowest BCUT2D eigenvalue weighted by Crippen LogP contribution is -2.30. The molecular formula is C31H36BFN6O3. The maximum absolute atomic E-state index is 14.3. The molecule has 3 heterocycles. The summed E-state index contributed by atoms with van der Waals surface area (Å²) in [6, 6.07) is 11.8. The first-order valence-electron chi connectivity index (χ1n) is 14.5. The van der Waals surface area contributed by atoms with Crippen LogP contribution in [0.5, 0.6) is 0 Å². The molecule has 1 aliphatic heterocycles. The molecule has 0 bridgehead atoms. The van der Waals surface area contributed by atoms with Crippen molar-refractivity contribution in [2.75, 3.05) is 18.5 Å². The molecule has 0 atom stereocenters. The molecule has 5 rings (SSSR count). The molecule has 1 saturated heterocycles. The molecule has 218 valence electrons. The Morgan fingerprint density at radius 2 is 1.74 bits per heavy atom. The number of carbonyl (C=O) groups is 2. The lowest BCUT2D eigenvalue weighted by atomic mass is 9.93. The third-order valence-corrected chi connectivity index (χ3v) is 7.70. The second-order valence-corrected chi connectivity index (χ2v) is 10.5. The number of fused-ring (bicyclic) bond motifs is 1.